The summed E-state index contributed by atoms with van der Waals surface area (Å²) in [5.41, 5.74) is 0. The van der Waals surface area contributed by atoms with Crippen LogP contribution in [0.1, 0.15) is 0 Å². The number of pyridine rings is 1. The zero-order valence-electron chi connectivity index (χ0n) is 4.51. The van der Waals surface area contributed by atoms with Gasteiger partial charge in [0.1, 0.15) is 10.0 Å². The largest absolute Gasteiger partial charge is 0.217 e. The third kappa shape index (κ3) is 1.73. The van der Waals surface area contributed by atoms with Crippen molar-refractivity contribution in [3.8, 4) is 0 Å². The Hall–Kier alpha value is -0.470. The smallest absolute Gasteiger partial charge is 0.205 e. The highest BCUT2D eigenvalue weighted by Gasteiger charge is 1.98. The lowest BCUT2D eigenvalue weighted by Gasteiger charge is -1.87. The van der Waals surface area contributed by atoms with Crippen molar-refractivity contribution in [3.63, 3.8) is 0 Å². The van der Waals surface area contributed by atoms with Crippen molar-refractivity contribution in [3.05, 3.63) is 28.5 Å². The van der Waals surface area contributed by atoms with Crippen molar-refractivity contribution in [2.45, 2.75) is 0 Å². The Morgan fingerprint density at radius 1 is 1.22 bits per heavy atom. The number of hydrogen-bond acceptors (Lipinski definition) is 1. The fourth-order valence-electron chi connectivity index (χ4n) is 0.528. The number of rotatable bonds is 0. The van der Waals surface area contributed by atoms with Gasteiger partial charge in [-0.3, -0.25) is 0 Å². The van der Waals surface area contributed by atoms with Gasteiger partial charge in [0.15, 0.2) is 0 Å². The van der Waals surface area contributed by atoms with E-state index in [1.165, 1.54) is 4.68 Å². The predicted molar refractivity (Wildman–Crippen MR) is 36.8 cm³/mol. The molecule has 1 rings (SSSR count). The summed E-state index contributed by atoms with van der Waals surface area (Å²) in [6.07, 6.45) is 3.13. The maximum atomic E-state index is 5.56. The van der Waals surface area contributed by atoms with E-state index in [4.69, 9.17) is 29.0 Å². The number of nitrogens with zero attached hydrogens (tertiary/aromatic N) is 1. The van der Waals surface area contributed by atoms with Gasteiger partial charge in [-0.1, -0.05) is 27.9 Å². The second-order valence-electron chi connectivity index (χ2n) is 1.62. The Bertz CT molecular complexity index is 174. The van der Waals surface area contributed by atoms with Crippen molar-refractivity contribution in [1.82, 2.24) is 0 Å². The van der Waals surface area contributed by atoms with Crippen molar-refractivity contribution in [2.75, 3.05) is 5.84 Å². The maximum absolute atomic E-state index is 5.56. The van der Waals surface area contributed by atoms with Gasteiger partial charge in [-0.25, -0.2) is 5.84 Å². The van der Waals surface area contributed by atoms with Crippen molar-refractivity contribution in [1.29, 1.82) is 0 Å². The van der Waals surface area contributed by atoms with Crippen LogP contribution < -0.4 is 10.5 Å². The van der Waals surface area contributed by atoms with Crippen molar-refractivity contribution >= 4 is 23.2 Å². The molecule has 0 aliphatic carbocycles. The normalized spacial score (nSPS) is 9.56. The van der Waals surface area contributed by atoms with Crippen LogP contribution in [0.2, 0.25) is 10.0 Å². The lowest BCUT2D eigenvalue weighted by molar-refractivity contribution is -0.638. The summed E-state index contributed by atoms with van der Waals surface area (Å²) < 4.78 is 1.31. The molecule has 0 saturated heterocycles. The summed E-state index contributed by atoms with van der Waals surface area (Å²) in [5, 5.41) is 1.06. The Morgan fingerprint density at radius 3 is 2.00 bits per heavy atom. The van der Waals surface area contributed by atoms with E-state index in [-0.39, 0.29) is 0 Å². The molecule has 0 saturated carbocycles. The van der Waals surface area contributed by atoms with Crippen molar-refractivity contribution in [2.24, 2.45) is 0 Å². The van der Waals surface area contributed by atoms with Crippen LogP contribution >= 0.6 is 23.2 Å². The van der Waals surface area contributed by atoms with E-state index in [1.807, 2.05) is 0 Å². The molecule has 2 N–H and O–H groups in total. The predicted octanol–water partition coefficient (Wildman–Crippen LogP) is 0.995. The zero-order valence-corrected chi connectivity index (χ0v) is 6.02. The summed E-state index contributed by atoms with van der Waals surface area (Å²) in [6.45, 7) is 0. The molecule has 0 radical (unpaired) electrons. The standard InChI is InChI=1S/C5H5Cl2N2/c6-4-1-5(7)3-9(8)2-4/h1-3H,8H2/q+1. The highest BCUT2D eigenvalue weighted by Crippen LogP contribution is 2.10. The lowest BCUT2D eigenvalue weighted by Crippen LogP contribution is -2.43. The number of nitrogens with two attached hydrogens (primary N) is 1. The second-order valence-corrected chi connectivity index (χ2v) is 2.49. The molecule has 0 atom stereocenters. The minimum atomic E-state index is 0.532. The molecule has 0 bridgehead atoms. The van der Waals surface area contributed by atoms with Crippen LogP contribution in [0.5, 0.6) is 0 Å². The fourth-order valence-corrected chi connectivity index (χ4v) is 1.04. The first-order valence-corrected chi connectivity index (χ1v) is 3.06. The average molecular weight is 164 g/mol. The molecule has 1 heterocycles. The van der Waals surface area contributed by atoms with E-state index in [0.29, 0.717) is 10.0 Å². The SMILES string of the molecule is N[n+]1cc(Cl)cc(Cl)c1. The molecular formula is C5H5Cl2N2+. The molecule has 0 aromatic carbocycles. The van der Waals surface area contributed by atoms with Gasteiger partial charge in [-0.2, -0.15) is 0 Å². The molecule has 2 nitrogen and oxygen atoms in total. The average Bonchev–Trinajstić information content (AvgIpc) is 1.59. The molecule has 0 aliphatic heterocycles. The number of halogens is 2. The molecule has 1 aromatic heterocycles. The fraction of sp³-hybridized carbons (Fsp3) is 0. The number of nitrogen functional groups attached to an aromatic ring is 1. The summed E-state index contributed by atoms with van der Waals surface area (Å²) in [6, 6.07) is 1.62. The first kappa shape index (κ1) is 6.65. The molecule has 0 fully saturated rings. The van der Waals surface area contributed by atoms with Gasteiger partial charge >= 0.3 is 0 Å². The van der Waals surface area contributed by atoms with E-state index in [9.17, 15) is 0 Å². The molecule has 0 aliphatic rings. The molecule has 4 heteroatoms. The molecule has 0 spiro atoms. The first-order valence-electron chi connectivity index (χ1n) is 2.31. The van der Waals surface area contributed by atoms with Crippen LogP contribution in [0.3, 0.4) is 0 Å². The maximum Gasteiger partial charge on any atom is 0.217 e. The highest BCUT2D eigenvalue weighted by atomic mass is 35.5. The third-order valence-corrected chi connectivity index (χ3v) is 1.23. The van der Waals surface area contributed by atoms with E-state index < -0.39 is 0 Å². The Kier molecular flexibility index (Phi) is 1.78. The number of hydrogen-bond donors (Lipinski definition) is 1. The van der Waals surface area contributed by atoms with Gasteiger partial charge in [0.2, 0.25) is 12.4 Å². The molecule has 0 unspecified atom stereocenters. The van der Waals surface area contributed by atoms with E-state index in [2.05, 4.69) is 0 Å². The number of aromatic nitrogens is 1. The zero-order chi connectivity index (χ0) is 6.85. The Balaban J connectivity index is 3.17. The quantitative estimate of drug-likeness (QED) is 0.449. The van der Waals surface area contributed by atoms with E-state index in [0.717, 1.165) is 0 Å². The summed E-state index contributed by atoms with van der Waals surface area (Å²) in [7, 11) is 0. The van der Waals surface area contributed by atoms with Gasteiger partial charge in [0, 0.05) is 0 Å². The minimum absolute atomic E-state index is 0.532. The van der Waals surface area contributed by atoms with Gasteiger partial charge in [0.05, 0.1) is 0 Å². The molecule has 48 valence electrons. The first-order chi connectivity index (χ1) is 4.18. The van der Waals surface area contributed by atoms with E-state index in [1.54, 1.807) is 18.5 Å². The van der Waals surface area contributed by atoms with Crippen LogP contribution in [0.25, 0.3) is 0 Å². The van der Waals surface area contributed by atoms with Crippen LogP contribution in [-0.2, 0) is 0 Å². The molecular weight excluding hydrogens is 159 g/mol. The topological polar surface area (TPSA) is 29.9 Å². The summed E-state index contributed by atoms with van der Waals surface area (Å²) in [5.74, 6) is 5.31. The van der Waals surface area contributed by atoms with Gasteiger partial charge in [-0.05, 0) is 6.07 Å². The third-order valence-electron chi connectivity index (χ3n) is 0.821. The second kappa shape index (κ2) is 2.42. The van der Waals surface area contributed by atoms with E-state index >= 15 is 0 Å². The van der Waals surface area contributed by atoms with Gasteiger partial charge in [0.25, 0.3) is 0 Å². The Labute approximate surface area is 62.8 Å². The highest BCUT2D eigenvalue weighted by molar-refractivity contribution is 6.34. The van der Waals surface area contributed by atoms with Crippen LogP contribution in [-0.4, -0.2) is 0 Å². The van der Waals surface area contributed by atoms with Crippen molar-refractivity contribution < 1.29 is 4.68 Å². The molecule has 0 amide bonds. The molecule has 9 heavy (non-hydrogen) atoms. The molecule has 1 aromatic rings. The van der Waals surface area contributed by atoms with Crippen LogP contribution in [0.15, 0.2) is 18.5 Å². The summed E-state index contributed by atoms with van der Waals surface area (Å²) in [4.78, 5) is 0. The summed E-state index contributed by atoms with van der Waals surface area (Å²) >= 11 is 11.1. The van der Waals surface area contributed by atoms with Gasteiger partial charge in [-0.15, -0.1) is 0 Å². The monoisotopic (exact) mass is 163 g/mol. The minimum Gasteiger partial charge on any atom is -0.205 e. The lowest BCUT2D eigenvalue weighted by atomic mass is 10.5. The van der Waals surface area contributed by atoms with Crippen LogP contribution in [0, 0.1) is 0 Å². The Morgan fingerprint density at radius 2 is 1.67 bits per heavy atom. The van der Waals surface area contributed by atoms with Crippen LogP contribution in [0.4, 0.5) is 0 Å². The van der Waals surface area contributed by atoms with Gasteiger partial charge < -0.3 is 0 Å².